The average molecular weight is 318 g/mol. The Bertz CT molecular complexity index is 726. The van der Waals surface area contributed by atoms with E-state index in [1.54, 1.807) is 26.2 Å². The quantitative estimate of drug-likeness (QED) is 0.813. The zero-order chi connectivity index (χ0) is 16.3. The van der Waals surface area contributed by atoms with E-state index in [0.717, 1.165) is 4.57 Å². The largest absolute Gasteiger partial charge is 0.332 e. The first kappa shape index (κ1) is 16.2. The second kappa shape index (κ2) is 6.74. The summed E-state index contributed by atoms with van der Waals surface area (Å²) in [5.41, 5.74) is 0.355. The fourth-order valence-electron chi connectivity index (χ4n) is 1.81. The van der Waals surface area contributed by atoms with E-state index in [-0.39, 0.29) is 10.9 Å². The van der Waals surface area contributed by atoms with Gasteiger partial charge in [-0.25, -0.2) is 9.36 Å². The number of nitrogens with zero attached hydrogens (tertiary/aromatic N) is 4. The van der Waals surface area contributed by atoms with Crippen LogP contribution in [-0.2, 0) is 0 Å². The summed E-state index contributed by atoms with van der Waals surface area (Å²) in [5.74, 6) is 0. The Morgan fingerprint density at radius 3 is 2.36 bits per heavy atom. The molecule has 0 aliphatic heterocycles. The van der Waals surface area contributed by atoms with E-state index in [9.17, 15) is 9.59 Å². The Balaban J connectivity index is 2.65. The molecule has 0 fully saturated rings. The van der Waals surface area contributed by atoms with Gasteiger partial charge < -0.3 is 4.90 Å². The Kier molecular flexibility index (Phi) is 4.97. The van der Waals surface area contributed by atoms with Crippen molar-refractivity contribution in [1.29, 1.82) is 0 Å². The highest BCUT2D eigenvalue weighted by Crippen LogP contribution is 2.20. The van der Waals surface area contributed by atoms with Gasteiger partial charge in [0.25, 0.3) is 5.56 Å². The highest BCUT2D eigenvalue weighted by molar-refractivity contribution is 7.99. The first-order valence-electron chi connectivity index (χ1n) is 6.85. The maximum Gasteiger partial charge on any atom is 0.332 e. The second-order valence-electron chi connectivity index (χ2n) is 5.18. The number of rotatable bonds is 3. The van der Waals surface area contributed by atoms with Gasteiger partial charge in [0.15, 0.2) is 5.69 Å². The number of amides is 1. The summed E-state index contributed by atoms with van der Waals surface area (Å²) < 4.78 is 1.08. The molecule has 1 aromatic heterocycles. The van der Waals surface area contributed by atoms with Crippen molar-refractivity contribution >= 4 is 17.8 Å². The number of benzene rings is 1. The van der Waals surface area contributed by atoms with Gasteiger partial charge in [-0.2, -0.15) is 0 Å². The number of aromatic nitrogens is 3. The lowest BCUT2D eigenvalue weighted by atomic mass is 10.2. The molecule has 7 heteroatoms. The summed E-state index contributed by atoms with van der Waals surface area (Å²) in [7, 11) is 3.20. The molecule has 22 heavy (non-hydrogen) atoms. The second-order valence-corrected chi connectivity index (χ2v) is 6.73. The number of hydrogen-bond acceptors (Lipinski definition) is 5. The van der Waals surface area contributed by atoms with Gasteiger partial charge in [0.1, 0.15) is 0 Å². The molecule has 0 unspecified atom stereocenters. The minimum Gasteiger partial charge on any atom is -0.330 e. The fraction of sp³-hybridized carbons (Fsp3) is 0.333. The third kappa shape index (κ3) is 3.36. The zero-order valence-electron chi connectivity index (χ0n) is 13.0. The molecule has 0 saturated heterocycles. The summed E-state index contributed by atoms with van der Waals surface area (Å²) in [6.07, 6.45) is 0. The van der Waals surface area contributed by atoms with Crippen LogP contribution in [0.4, 0.5) is 4.79 Å². The van der Waals surface area contributed by atoms with Crippen molar-refractivity contribution in [3.63, 3.8) is 0 Å². The lowest BCUT2D eigenvalue weighted by molar-refractivity contribution is 0.215. The lowest BCUT2D eigenvalue weighted by Crippen LogP contribution is -2.38. The van der Waals surface area contributed by atoms with Crippen LogP contribution in [0.3, 0.4) is 0 Å². The average Bonchev–Trinajstić information content (AvgIpc) is 2.47. The Labute approximate surface area is 133 Å². The van der Waals surface area contributed by atoms with E-state index in [1.807, 2.05) is 32.0 Å². The third-order valence-electron chi connectivity index (χ3n) is 2.79. The van der Waals surface area contributed by atoms with Crippen molar-refractivity contribution < 1.29 is 4.79 Å². The van der Waals surface area contributed by atoms with Crippen LogP contribution in [-0.4, -0.2) is 45.0 Å². The molecule has 1 amide bonds. The lowest BCUT2D eigenvalue weighted by Gasteiger charge is -2.16. The van der Waals surface area contributed by atoms with Gasteiger partial charge in [-0.15, -0.1) is 10.2 Å². The summed E-state index contributed by atoms with van der Waals surface area (Å²) in [4.78, 5) is 26.4. The monoisotopic (exact) mass is 318 g/mol. The molecule has 0 radical (unpaired) electrons. The van der Waals surface area contributed by atoms with Gasteiger partial charge in [-0.3, -0.25) is 4.79 Å². The minimum atomic E-state index is -0.456. The Morgan fingerprint density at radius 1 is 1.18 bits per heavy atom. The van der Waals surface area contributed by atoms with Gasteiger partial charge in [-0.05, 0) is 0 Å². The molecule has 0 saturated carbocycles. The Hall–Kier alpha value is -2.15. The van der Waals surface area contributed by atoms with Crippen LogP contribution in [0.2, 0.25) is 0 Å². The zero-order valence-corrected chi connectivity index (χ0v) is 13.8. The molecule has 116 valence electrons. The van der Waals surface area contributed by atoms with Crippen LogP contribution in [0.1, 0.15) is 13.8 Å². The van der Waals surface area contributed by atoms with Crippen molar-refractivity contribution in [3.8, 4) is 11.3 Å². The van der Waals surface area contributed by atoms with E-state index >= 15 is 0 Å². The van der Waals surface area contributed by atoms with E-state index in [2.05, 4.69) is 10.2 Å². The molecular weight excluding hydrogens is 300 g/mol. The smallest absolute Gasteiger partial charge is 0.330 e. The van der Waals surface area contributed by atoms with E-state index in [1.165, 1.54) is 16.7 Å². The van der Waals surface area contributed by atoms with Crippen molar-refractivity contribution in [2.75, 3.05) is 14.1 Å². The van der Waals surface area contributed by atoms with Crippen LogP contribution in [0, 0.1) is 0 Å². The van der Waals surface area contributed by atoms with Crippen LogP contribution >= 0.6 is 11.8 Å². The molecule has 0 N–H and O–H groups in total. The molecule has 0 aliphatic carbocycles. The topological polar surface area (TPSA) is 68.1 Å². The fourth-order valence-corrected chi connectivity index (χ4v) is 2.58. The van der Waals surface area contributed by atoms with Crippen molar-refractivity contribution in [2.24, 2.45) is 0 Å². The van der Waals surface area contributed by atoms with Crippen molar-refractivity contribution in [1.82, 2.24) is 19.7 Å². The predicted octanol–water partition coefficient (Wildman–Crippen LogP) is 2.34. The van der Waals surface area contributed by atoms with Crippen molar-refractivity contribution in [3.05, 3.63) is 40.7 Å². The maximum absolute atomic E-state index is 12.7. The molecule has 0 bridgehead atoms. The third-order valence-corrected chi connectivity index (χ3v) is 3.74. The first-order valence-corrected chi connectivity index (χ1v) is 7.73. The first-order chi connectivity index (χ1) is 10.4. The highest BCUT2D eigenvalue weighted by Gasteiger charge is 2.21. The van der Waals surface area contributed by atoms with Crippen molar-refractivity contribution in [2.45, 2.75) is 24.3 Å². The van der Waals surface area contributed by atoms with E-state index in [0.29, 0.717) is 10.7 Å². The van der Waals surface area contributed by atoms with E-state index < -0.39 is 11.6 Å². The van der Waals surface area contributed by atoms with Crippen LogP contribution < -0.4 is 5.56 Å². The number of carbonyl (C=O) groups excluding carboxylic acids is 1. The standard InChI is InChI=1S/C15H18N4O2S/c1-10(2)22-14-17-16-12(11-8-6-5-7-9-11)13(20)19(14)15(21)18(3)4/h5-10H,1-4H3. The molecule has 2 aromatic rings. The summed E-state index contributed by atoms with van der Waals surface area (Å²) in [5, 5.41) is 8.60. The van der Waals surface area contributed by atoms with Gasteiger partial charge in [-0.1, -0.05) is 55.9 Å². The number of carbonyl (C=O) groups is 1. The normalized spacial score (nSPS) is 10.8. The molecular formula is C15H18N4O2S. The minimum absolute atomic E-state index is 0.170. The predicted molar refractivity (Wildman–Crippen MR) is 87.2 cm³/mol. The molecule has 6 nitrogen and oxygen atoms in total. The van der Waals surface area contributed by atoms with Gasteiger partial charge in [0.05, 0.1) is 0 Å². The summed E-state index contributed by atoms with van der Waals surface area (Å²) in [6.45, 7) is 3.93. The number of hydrogen-bond donors (Lipinski definition) is 0. The highest BCUT2D eigenvalue weighted by atomic mass is 32.2. The van der Waals surface area contributed by atoms with Crippen LogP contribution in [0.25, 0.3) is 11.3 Å². The maximum atomic E-state index is 12.7. The Morgan fingerprint density at radius 2 is 1.82 bits per heavy atom. The van der Waals surface area contributed by atoms with Gasteiger partial charge >= 0.3 is 6.03 Å². The van der Waals surface area contributed by atoms with Crippen LogP contribution in [0.5, 0.6) is 0 Å². The number of thioether (sulfide) groups is 1. The van der Waals surface area contributed by atoms with Crippen LogP contribution in [0.15, 0.2) is 40.3 Å². The molecule has 0 atom stereocenters. The molecule has 1 aromatic carbocycles. The van der Waals surface area contributed by atoms with Gasteiger partial charge in [0, 0.05) is 24.9 Å². The summed E-state index contributed by atoms with van der Waals surface area (Å²) in [6, 6.07) is 8.58. The van der Waals surface area contributed by atoms with E-state index in [4.69, 9.17) is 0 Å². The molecule has 0 aliphatic rings. The molecule has 2 rings (SSSR count). The van der Waals surface area contributed by atoms with Gasteiger partial charge in [0.2, 0.25) is 5.16 Å². The molecule has 1 heterocycles. The molecule has 0 spiro atoms. The SMILES string of the molecule is CC(C)Sc1nnc(-c2ccccc2)c(=O)n1C(=O)N(C)C. The summed E-state index contributed by atoms with van der Waals surface area (Å²) >= 11 is 1.33.